The quantitative estimate of drug-likeness (QED) is 0.318. The van der Waals surface area contributed by atoms with E-state index in [-0.39, 0.29) is 16.6 Å². The number of hydrogen-bond donors (Lipinski definition) is 1. The molecule has 0 bridgehead atoms. The molecule has 0 spiro atoms. The van der Waals surface area contributed by atoms with Crippen molar-refractivity contribution < 1.29 is 12.8 Å². The molecule has 2 aliphatic rings. The van der Waals surface area contributed by atoms with E-state index in [1.807, 2.05) is 6.92 Å². The van der Waals surface area contributed by atoms with Crippen LogP contribution in [0.4, 0.5) is 10.2 Å². The molecule has 4 aromatic heterocycles. The van der Waals surface area contributed by atoms with E-state index in [2.05, 4.69) is 15.3 Å². The molecule has 13 heteroatoms. The number of thiazole rings is 1. The standard InChI is InChI=1S/C28H29FN8O2S2/c1-16-14-40-27(33-16)28(15-30)20-8-10-36(13-21(20)28)23-11-32-25-19(12-37(26(25)34-23)41(38,39)35(2)3)17-6-7-22(29)24-18(17)5-4-9-31-24/h4-7,9,11-12,14,20-21H,8,10,13,15,30H2,1-3H3/t20-,21+,28+/m1/s1. The summed E-state index contributed by atoms with van der Waals surface area (Å²) in [5.74, 6) is 0.966. The van der Waals surface area contributed by atoms with Crippen molar-refractivity contribution in [2.45, 2.75) is 18.8 Å². The Balaban J connectivity index is 1.33. The average molecular weight is 593 g/mol. The van der Waals surface area contributed by atoms with Gasteiger partial charge in [0.2, 0.25) is 0 Å². The molecule has 2 N–H and O–H groups in total. The predicted octanol–water partition coefficient (Wildman–Crippen LogP) is 3.56. The van der Waals surface area contributed by atoms with Crippen LogP contribution in [0.2, 0.25) is 0 Å². The van der Waals surface area contributed by atoms with E-state index in [1.54, 1.807) is 35.7 Å². The predicted molar refractivity (Wildman–Crippen MR) is 158 cm³/mol. The summed E-state index contributed by atoms with van der Waals surface area (Å²) in [5, 5.41) is 3.74. The zero-order valence-corrected chi connectivity index (χ0v) is 24.5. The summed E-state index contributed by atoms with van der Waals surface area (Å²) in [6.45, 7) is 4.05. The second kappa shape index (κ2) is 9.24. The lowest BCUT2D eigenvalue weighted by atomic mass is 10.0. The van der Waals surface area contributed by atoms with Crippen molar-refractivity contribution in [3.63, 3.8) is 0 Å². The highest BCUT2D eigenvalue weighted by molar-refractivity contribution is 7.87. The van der Waals surface area contributed by atoms with Gasteiger partial charge in [-0.3, -0.25) is 4.98 Å². The first-order chi connectivity index (χ1) is 19.7. The van der Waals surface area contributed by atoms with Crippen molar-refractivity contribution in [2.75, 3.05) is 38.6 Å². The van der Waals surface area contributed by atoms with Crippen LogP contribution in [0.5, 0.6) is 0 Å². The summed E-state index contributed by atoms with van der Waals surface area (Å²) < 4.78 is 43.8. The lowest BCUT2D eigenvalue weighted by Crippen LogP contribution is -2.33. The molecule has 5 aromatic rings. The number of aromatic nitrogens is 5. The molecule has 1 saturated carbocycles. The Hall–Kier alpha value is -3.52. The first-order valence-corrected chi connectivity index (χ1v) is 15.7. The van der Waals surface area contributed by atoms with Crippen LogP contribution in [-0.4, -0.2) is 70.4 Å². The fraction of sp³-hybridized carbons (Fsp3) is 0.357. The minimum absolute atomic E-state index is 0.121. The molecule has 0 unspecified atom stereocenters. The first kappa shape index (κ1) is 26.4. The molecule has 212 valence electrons. The van der Waals surface area contributed by atoms with E-state index in [0.29, 0.717) is 46.2 Å². The van der Waals surface area contributed by atoms with Crippen molar-refractivity contribution in [2.24, 2.45) is 17.6 Å². The van der Waals surface area contributed by atoms with Crippen LogP contribution in [0.3, 0.4) is 0 Å². The molecule has 2 fully saturated rings. The van der Waals surface area contributed by atoms with Crippen LogP contribution in [-0.2, 0) is 15.6 Å². The Labute approximate surface area is 240 Å². The summed E-state index contributed by atoms with van der Waals surface area (Å²) in [6, 6.07) is 6.45. The molecule has 41 heavy (non-hydrogen) atoms. The fourth-order valence-corrected chi connectivity index (χ4v) is 8.56. The second-order valence-corrected chi connectivity index (χ2v) is 13.9. The number of benzene rings is 1. The average Bonchev–Trinajstić information content (AvgIpc) is 3.19. The van der Waals surface area contributed by atoms with Crippen LogP contribution in [0, 0.1) is 24.6 Å². The topological polar surface area (TPSA) is 123 Å². The molecule has 1 aromatic carbocycles. The van der Waals surface area contributed by atoms with E-state index < -0.39 is 16.0 Å². The van der Waals surface area contributed by atoms with Gasteiger partial charge in [0.1, 0.15) is 27.7 Å². The highest BCUT2D eigenvalue weighted by Crippen LogP contribution is 2.63. The third-order valence-electron chi connectivity index (χ3n) is 8.68. The summed E-state index contributed by atoms with van der Waals surface area (Å²) in [6.07, 6.45) is 5.68. The smallest absolute Gasteiger partial charge is 0.308 e. The monoisotopic (exact) mass is 592 g/mol. The minimum atomic E-state index is -3.94. The summed E-state index contributed by atoms with van der Waals surface area (Å²) in [4.78, 5) is 20.8. The third kappa shape index (κ3) is 3.83. The summed E-state index contributed by atoms with van der Waals surface area (Å²) in [5.41, 5.74) is 9.23. The highest BCUT2D eigenvalue weighted by Gasteiger charge is 2.67. The second-order valence-electron chi connectivity index (χ2n) is 11.0. The maximum atomic E-state index is 14.6. The number of halogens is 1. The van der Waals surface area contributed by atoms with Gasteiger partial charge in [-0.05, 0) is 42.9 Å². The van der Waals surface area contributed by atoms with E-state index in [4.69, 9.17) is 20.7 Å². The molecule has 1 aliphatic carbocycles. The summed E-state index contributed by atoms with van der Waals surface area (Å²) in [7, 11) is -0.998. The maximum Gasteiger partial charge on any atom is 0.308 e. The van der Waals surface area contributed by atoms with Crippen LogP contribution in [0.25, 0.3) is 33.2 Å². The first-order valence-electron chi connectivity index (χ1n) is 13.4. The molecule has 10 nitrogen and oxygen atoms in total. The molecule has 1 aliphatic heterocycles. The van der Waals surface area contributed by atoms with Gasteiger partial charge in [-0.1, -0.05) is 12.1 Å². The minimum Gasteiger partial charge on any atom is -0.355 e. The largest absolute Gasteiger partial charge is 0.355 e. The Bertz CT molecular complexity index is 1940. The van der Waals surface area contributed by atoms with E-state index >= 15 is 0 Å². The van der Waals surface area contributed by atoms with Gasteiger partial charge < -0.3 is 10.6 Å². The number of rotatable bonds is 6. The lowest BCUT2D eigenvalue weighted by Gasteiger charge is -2.27. The van der Waals surface area contributed by atoms with Gasteiger partial charge in [-0.25, -0.2) is 23.3 Å². The number of piperidine rings is 1. The number of nitrogens with two attached hydrogens (primary N) is 1. The number of pyridine rings is 1. The van der Waals surface area contributed by atoms with Crippen molar-refractivity contribution in [1.82, 2.24) is 28.2 Å². The number of nitrogens with zero attached hydrogens (tertiary/aromatic N) is 7. The van der Waals surface area contributed by atoms with Gasteiger partial charge in [-0.2, -0.15) is 12.7 Å². The molecular formula is C28H29FN8O2S2. The van der Waals surface area contributed by atoms with Gasteiger partial charge in [0.05, 0.1) is 6.20 Å². The van der Waals surface area contributed by atoms with Crippen LogP contribution in [0.1, 0.15) is 17.1 Å². The van der Waals surface area contributed by atoms with Gasteiger partial charge in [0, 0.05) is 73.6 Å². The maximum absolute atomic E-state index is 14.6. The molecule has 3 atom stereocenters. The molecule has 0 radical (unpaired) electrons. The van der Waals surface area contributed by atoms with Gasteiger partial charge in [0.15, 0.2) is 5.65 Å². The Morgan fingerprint density at radius 2 is 1.98 bits per heavy atom. The van der Waals surface area contributed by atoms with Crippen LogP contribution >= 0.6 is 11.3 Å². The van der Waals surface area contributed by atoms with Gasteiger partial charge >= 0.3 is 10.2 Å². The van der Waals surface area contributed by atoms with Crippen LogP contribution in [0.15, 0.2) is 48.2 Å². The van der Waals surface area contributed by atoms with E-state index in [1.165, 1.54) is 32.6 Å². The Kier molecular flexibility index (Phi) is 5.95. The highest BCUT2D eigenvalue weighted by atomic mass is 32.2. The van der Waals surface area contributed by atoms with Crippen molar-refractivity contribution >= 4 is 49.4 Å². The molecule has 5 heterocycles. The fourth-order valence-electron chi connectivity index (χ4n) is 6.49. The van der Waals surface area contributed by atoms with Crippen LogP contribution < -0.4 is 10.6 Å². The van der Waals surface area contributed by atoms with E-state index in [9.17, 15) is 12.8 Å². The normalized spacial score (nSPS) is 22.5. The molecule has 0 amide bonds. The Morgan fingerprint density at radius 3 is 2.71 bits per heavy atom. The molecular weight excluding hydrogens is 563 g/mol. The number of aryl methyl sites for hydroxylation is 1. The van der Waals surface area contributed by atoms with Crippen molar-refractivity contribution in [3.8, 4) is 11.1 Å². The molecule has 7 rings (SSSR count). The SMILES string of the molecule is Cc1csc([C@@]2(CN)[C@@H]3CCN(c4cnc5c(-c6ccc(F)c7ncccc67)cn(S(=O)(=O)N(C)C)c5n4)C[C@@H]32)n1. The zero-order chi connectivity index (χ0) is 28.7. The Morgan fingerprint density at radius 1 is 1.15 bits per heavy atom. The number of hydrogen-bond acceptors (Lipinski definition) is 9. The van der Waals surface area contributed by atoms with Crippen molar-refractivity contribution in [3.05, 3.63) is 64.8 Å². The third-order valence-corrected chi connectivity index (χ3v) is 11.5. The summed E-state index contributed by atoms with van der Waals surface area (Å²) >= 11 is 1.68. The molecule has 1 saturated heterocycles. The van der Waals surface area contributed by atoms with Gasteiger partial charge in [0.25, 0.3) is 0 Å². The van der Waals surface area contributed by atoms with Gasteiger partial charge in [-0.15, -0.1) is 11.3 Å². The number of fused-ring (bicyclic) bond motifs is 3. The van der Waals surface area contributed by atoms with Crippen molar-refractivity contribution in [1.29, 1.82) is 0 Å². The number of anilines is 1. The van der Waals surface area contributed by atoms with E-state index in [0.717, 1.165) is 38.5 Å². The zero-order valence-electron chi connectivity index (χ0n) is 22.8. The lowest BCUT2D eigenvalue weighted by molar-refractivity contribution is 0.512.